The summed E-state index contributed by atoms with van der Waals surface area (Å²) < 4.78 is 5.49. The van der Waals surface area contributed by atoms with Gasteiger partial charge in [0.25, 0.3) is 0 Å². The molecular formula is C21H36N2O2S2. The summed E-state index contributed by atoms with van der Waals surface area (Å²) in [5, 5.41) is 4.23. The van der Waals surface area contributed by atoms with Crippen LogP contribution in [0.25, 0.3) is 0 Å². The molecule has 27 heavy (non-hydrogen) atoms. The van der Waals surface area contributed by atoms with Crippen LogP contribution < -0.4 is 0 Å². The Morgan fingerprint density at radius 1 is 1.37 bits per heavy atom. The second-order valence-electron chi connectivity index (χ2n) is 8.40. The van der Waals surface area contributed by atoms with Crippen molar-refractivity contribution in [2.24, 2.45) is 0 Å². The lowest BCUT2D eigenvalue weighted by molar-refractivity contribution is 0.0205. The maximum Gasteiger partial charge on any atom is 0.410 e. The number of carbonyl (C=O) groups is 1. The van der Waals surface area contributed by atoms with Crippen LogP contribution in [0.5, 0.6) is 0 Å². The predicted octanol–water partition coefficient (Wildman–Crippen LogP) is 6.46. The molecule has 154 valence electrons. The number of carbonyl (C=O) groups excluding carboxylic acids is 1. The molecule has 1 saturated heterocycles. The standard InChI is InChI=1S/C21H36N2O2S2/c1-6-8-9-18(7-2)26-14-17-15-27-19(22-17)16-10-12-23(13-11-16)20(24)25-21(3,4)5/h15-16,18H,6-14H2,1-5H3. The van der Waals surface area contributed by atoms with Crippen LogP contribution >= 0.6 is 23.1 Å². The highest BCUT2D eigenvalue weighted by molar-refractivity contribution is 7.99. The second kappa shape index (κ2) is 10.7. The highest BCUT2D eigenvalue weighted by Crippen LogP contribution is 2.32. The molecule has 0 N–H and O–H groups in total. The number of ether oxygens (including phenoxy) is 1. The maximum atomic E-state index is 12.2. The Hall–Kier alpha value is -0.750. The largest absolute Gasteiger partial charge is 0.444 e. The summed E-state index contributed by atoms with van der Waals surface area (Å²) in [5.74, 6) is 1.50. The van der Waals surface area contributed by atoms with Crippen molar-refractivity contribution in [3.63, 3.8) is 0 Å². The molecule has 1 unspecified atom stereocenters. The van der Waals surface area contributed by atoms with E-state index in [-0.39, 0.29) is 6.09 Å². The lowest BCUT2D eigenvalue weighted by Crippen LogP contribution is -2.41. The van der Waals surface area contributed by atoms with E-state index in [2.05, 4.69) is 31.0 Å². The lowest BCUT2D eigenvalue weighted by Gasteiger charge is -2.32. The average Bonchev–Trinajstić information content (AvgIpc) is 3.09. The van der Waals surface area contributed by atoms with Crippen molar-refractivity contribution in [1.29, 1.82) is 0 Å². The van der Waals surface area contributed by atoms with Crippen LogP contribution in [0.2, 0.25) is 0 Å². The smallest absolute Gasteiger partial charge is 0.410 e. The van der Waals surface area contributed by atoms with Crippen LogP contribution in [0.15, 0.2) is 5.38 Å². The summed E-state index contributed by atoms with van der Waals surface area (Å²) in [7, 11) is 0. The number of amides is 1. The van der Waals surface area contributed by atoms with Gasteiger partial charge in [-0.2, -0.15) is 11.8 Å². The van der Waals surface area contributed by atoms with Crippen LogP contribution in [-0.4, -0.2) is 39.9 Å². The van der Waals surface area contributed by atoms with Crippen LogP contribution in [0, 0.1) is 0 Å². The van der Waals surface area contributed by atoms with E-state index < -0.39 is 5.60 Å². The van der Waals surface area contributed by atoms with Crippen molar-refractivity contribution in [3.8, 4) is 0 Å². The van der Waals surface area contributed by atoms with Crippen molar-refractivity contribution in [3.05, 3.63) is 16.1 Å². The Morgan fingerprint density at radius 3 is 2.67 bits per heavy atom. The van der Waals surface area contributed by atoms with Gasteiger partial charge in [0.15, 0.2) is 0 Å². The molecule has 1 aromatic heterocycles. The predicted molar refractivity (Wildman–Crippen MR) is 117 cm³/mol. The summed E-state index contributed by atoms with van der Waals surface area (Å²) >= 11 is 3.85. The Labute approximate surface area is 173 Å². The number of nitrogens with zero attached hydrogens (tertiary/aromatic N) is 2. The zero-order valence-electron chi connectivity index (χ0n) is 17.6. The van der Waals surface area contributed by atoms with Crippen molar-refractivity contribution in [2.45, 2.75) is 95.7 Å². The summed E-state index contributed by atoms with van der Waals surface area (Å²) in [4.78, 5) is 19.0. The third-order valence-corrected chi connectivity index (χ3v) is 7.43. The molecule has 6 heteroatoms. The molecule has 0 aliphatic carbocycles. The third kappa shape index (κ3) is 7.65. The first kappa shape index (κ1) is 22.5. The summed E-state index contributed by atoms with van der Waals surface area (Å²) in [5.41, 5.74) is 0.799. The van der Waals surface area contributed by atoms with Crippen molar-refractivity contribution >= 4 is 29.2 Å². The number of piperidine rings is 1. The molecule has 0 aromatic carbocycles. The Balaban J connectivity index is 1.79. The van der Waals surface area contributed by atoms with Gasteiger partial charge in [-0.3, -0.25) is 0 Å². The molecule has 0 radical (unpaired) electrons. The molecule has 1 fully saturated rings. The second-order valence-corrected chi connectivity index (χ2v) is 10.6. The van der Waals surface area contributed by atoms with E-state index in [1.165, 1.54) is 36.4 Å². The van der Waals surface area contributed by atoms with E-state index >= 15 is 0 Å². The number of thiazole rings is 1. The minimum absolute atomic E-state index is 0.185. The van der Waals surface area contributed by atoms with Crippen LogP contribution in [0.1, 0.15) is 89.8 Å². The van der Waals surface area contributed by atoms with Crippen molar-refractivity contribution in [2.75, 3.05) is 13.1 Å². The first-order chi connectivity index (χ1) is 12.8. The molecular weight excluding hydrogens is 376 g/mol. The summed E-state index contributed by atoms with van der Waals surface area (Å²) in [6.45, 7) is 11.8. The summed E-state index contributed by atoms with van der Waals surface area (Å²) in [6.07, 6.45) is 6.93. The molecule has 1 aliphatic heterocycles. The highest BCUT2D eigenvalue weighted by atomic mass is 32.2. The fourth-order valence-corrected chi connectivity index (χ4v) is 5.47. The summed E-state index contributed by atoms with van der Waals surface area (Å²) in [6, 6.07) is 0. The van der Waals surface area contributed by atoms with Gasteiger partial charge in [-0.05, 0) is 46.5 Å². The molecule has 1 atom stereocenters. The van der Waals surface area contributed by atoms with E-state index in [0.717, 1.165) is 36.9 Å². The van der Waals surface area contributed by atoms with Crippen LogP contribution in [0.4, 0.5) is 4.79 Å². The Morgan fingerprint density at radius 2 is 2.07 bits per heavy atom. The number of unbranched alkanes of at least 4 members (excludes halogenated alkanes) is 1. The number of rotatable bonds is 8. The molecule has 1 aromatic rings. The molecule has 0 spiro atoms. The topological polar surface area (TPSA) is 42.4 Å². The SMILES string of the molecule is CCCCC(CC)SCc1csc(C2CCN(C(=O)OC(C)(C)C)CC2)n1. The molecule has 1 amide bonds. The molecule has 4 nitrogen and oxygen atoms in total. The van der Waals surface area contributed by atoms with E-state index in [0.29, 0.717) is 5.92 Å². The molecule has 1 aliphatic rings. The monoisotopic (exact) mass is 412 g/mol. The Kier molecular flexibility index (Phi) is 8.93. The van der Waals surface area contributed by atoms with Gasteiger partial charge < -0.3 is 9.64 Å². The van der Waals surface area contributed by atoms with Crippen LogP contribution in [-0.2, 0) is 10.5 Å². The lowest BCUT2D eigenvalue weighted by atomic mass is 9.98. The zero-order valence-corrected chi connectivity index (χ0v) is 19.3. The first-order valence-corrected chi connectivity index (χ1v) is 12.3. The zero-order chi connectivity index (χ0) is 19.9. The van der Waals surface area contributed by atoms with Gasteiger partial charge in [0, 0.05) is 35.4 Å². The third-order valence-electron chi connectivity index (χ3n) is 4.87. The van der Waals surface area contributed by atoms with Crippen LogP contribution in [0.3, 0.4) is 0 Å². The minimum atomic E-state index is -0.427. The molecule has 0 saturated carbocycles. The fourth-order valence-electron chi connectivity index (χ4n) is 3.25. The van der Waals surface area contributed by atoms with Gasteiger partial charge in [-0.25, -0.2) is 9.78 Å². The molecule has 2 heterocycles. The number of aromatic nitrogens is 1. The number of hydrogen-bond acceptors (Lipinski definition) is 5. The van der Waals surface area contributed by atoms with E-state index in [1.807, 2.05) is 25.7 Å². The van der Waals surface area contributed by atoms with E-state index in [9.17, 15) is 4.79 Å². The maximum absolute atomic E-state index is 12.2. The van der Waals surface area contributed by atoms with Gasteiger partial charge in [0.1, 0.15) is 5.60 Å². The van der Waals surface area contributed by atoms with Gasteiger partial charge in [0.05, 0.1) is 10.7 Å². The number of likely N-dealkylation sites (tertiary alicyclic amines) is 1. The van der Waals surface area contributed by atoms with Crippen molar-refractivity contribution < 1.29 is 9.53 Å². The minimum Gasteiger partial charge on any atom is -0.444 e. The quantitative estimate of drug-likeness (QED) is 0.491. The van der Waals surface area contributed by atoms with Crippen molar-refractivity contribution in [1.82, 2.24) is 9.88 Å². The van der Waals surface area contributed by atoms with Gasteiger partial charge in [0.2, 0.25) is 0 Å². The van der Waals surface area contributed by atoms with Gasteiger partial charge in [-0.15, -0.1) is 11.3 Å². The van der Waals surface area contributed by atoms with E-state index in [1.54, 1.807) is 11.3 Å². The Bertz CT molecular complexity index is 575. The molecule has 0 bridgehead atoms. The van der Waals surface area contributed by atoms with E-state index in [4.69, 9.17) is 9.72 Å². The molecule has 2 rings (SSSR count). The first-order valence-electron chi connectivity index (χ1n) is 10.4. The fraction of sp³-hybridized carbons (Fsp3) is 0.810. The number of thioether (sulfide) groups is 1. The average molecular weight is 413 g/mol. The number of hydrogen-bond donors (Lipinski definition) is 0. The van der Waals surface area contributed by atoms with Gasteiger partial charge >= 0.3 is 6.09 Å². The van der Waals surface area contributed by atoms with Gasteiger partial charge in [-0.1, -0.05) is 26.7 Å². The highest BCUT2D eigenvalue weighted by Gasteiger charge is 2.28. The normalized spacial score (nSPS) is 17.1.